The third-order valence-corrected chi connectivity index (χ3v) is 1.89. The lowest BCUT2D eigenvalue weighted by Crippen LogP contribution is -2.11. The van der Waals surface area contributed by atoms with E-state index in [4.69, 9.17) is 4.74 Å². The molecule has 2 heterocycles. The van der Waals surface area contributed by atoms with Gasteiger partial charge in [-0.25, -0.2) is 0 Å². The van der Waals surface area contributed by atoms with E-state index >= 15 is 0 Å². The first kappa shape index (κ1) is 9.26. The predicted molar refractivity (Wildman–Crippen MR) is 47.9 cm³/mol. The van der Waals surface area contributed by atoms with E-state index < -0.39 is 0 Å². The summed E-state index contributed by atoms with van der Waals surface area (Å²) in [7, 11) is 1.98. The van der Waals surface area contributed by atoms with Gasteiger partial charge in [0.05, 0.1) is 19.4 Å². The zero-order valence-electron chi connectivity index (χ0n) is 8.00. The molecule has 1 aliphatic rings. The van der Waals surface area contributed by atoms with Gasteiger partial charge in [0, 0.05) is 24.7 Å². The zero-order chi connectivity index (χ0) is 8.97. The minimum Gasteiger partial charge on any atom is -0.376 e. The summed E-state index contributed by atoms with van der Waals surface area (Å²) in [5, 5.41) is 4.13. The molecule has 3 nitrogen and oxygen atoms in total. The lowest BCUT2D eigenvalue weighted by molar-refractivity contribution is 0.109. The summed E-state index contributed by atoms with van der Waals surface area (Å²) in [4.78, 5) is 0. The average Bonchev–Trinajstić information content (AvgIpc) is 2.53. The average molecular weight is 168 g/mol. The topological polar surface area (TPSA) is 27.1 Å². The van der Waals surface area contributed by atoms with E-state index in [1.54, 1.807) is 0 Å². The molecule has 2 rings (SSSR count). The second-order valence-electron chi connectivity index (χ2n) is 2.54. The summed E-state index contributed by atoms with van der Waals surface area (Å²) in [6, 6.07) is 0. The molecule has 3 heteroatoms. The maximum Gasteiger partial charge on any atom is 0.0750 e. The highest BCUT2D eigenvalue weighted by molar-refractivity contribution is 5.18. The van der Waals surface area contributed by atoms with Crippen LogP contribution in [0.3, 0.4) is 0 Å². The summed E-state index contributed by atoms with van der Waals surface area (Å²) in [6.45, 7) is 5.58. The normalized spacial score (nSPS) is 14.6. The highest BCUT2D eigenvalue weighted by atomic mass is 16.5. The van der Waals surface area contributed by atoms with Crippen LogP contribution in [0.1, 0.15) is 25.1 Å². The van der Waals surface area contributed by atoms with Gasteiger partial charge in [-0.1, -0.05) is 13.8 Å². The van der Waals surface area contributed by atoms with Gasteiger partial charge in [0.2, 0.25) is 0 Å². The molecule has 0 aliphatic carbocycles. The number of fused-ring (bicyclic) bond motifs is 1. The molecular formula is C9H16N2O. The fourth-order valence-corrected chi connectivity index (χ4v) is 1.30. The first-order chi connectivity index (χ1) is 5.88. The van der Waals surface area contributed by atoms with Crippen molar-refractivity contribution in [3.05, 3.63) is 17.5 Å². The van der Waals surface area contributed by atoms with Crippen LogP contribution in [-0.2, 0) is 24.8 Å². The van der Waals surface area contributed by atoms with Crippen LogP contribution in [0.25, 0.3) is 0 Å². The second kappa shape index (κ2) is 4.26. The molecule has 0 unspecified atom stereocenters. The van der Waals surface area contributed by atoms with Gasteiger partial charge in [0.1, 0.15) is 0 Å². The molecule has 1 aromatic heterocycles. The Balaban J connectivity index is 0.000000336. The molecule has 0 amide bonds. The van der Waals surface area contributed by atoms with Crippen LogP contribution < -0.4 is 0 Å². The smallest absolute Gasteiger partial charge is 0.0750 e. The van der Waals surface area contributed by atoms with E-state index in [0.717, 1.165) is 19.6 Å². The molecule has 0 aromatic carbocycles. The van der Waals surface area contributed by atoms with Gasteiger partial charge in [-0.05, 0) is 0 Å². The van der Waals surface area contributed by atoms with Crippen molar-refractivity contribution in [1.82, 2.24) is 9.78 Å². The molecule has 0 fully saturated rings. The van der Waals surface area contributed by atoms with E-state index in [-0.39, 0.29) is 0 Å². The molecule has 0 saturated heterocycles. The van der Waals surface area contributed by atoms with Gasteiger partial charge in [-0.15, -0.1) is 0 Å². The molecule has 1 aliphatic heterocycles. The van der Waals surface area contributed by atoms with E-state index in [0.29, 0.717) is 0 Å². The lowest BCUT2D eigenvalue weighted by Gasteiger charge is -2.11. The van der Waals surface area contributed by atoms with E-state index in [9.17, 15) is 0 Å². The lowest BCUT2D eigenvalue weighted by atomic mass is 10.2. The predicted octanol–water partition coefficient (Wildman–Crippen LogP) is 1.52. The number of aryl methyl sites for hydroxylation is 1. The molecular weight excluding hydrogens is 152 g/mol. The molecule has 0 bridgehead atoms. The number of hydrogen-bond acceptors (Lipinski definition) is 2. The number of hydrogen-bond donors (Lipinski definition) is 0. The molecule has 12 heavy (non-hydrogen) atoms. The molecule has 1 aromatic rings. The van der Waals surface area contributed by atoms with Crippen molar-refractivity contribution in [2.45, 2.75) is 26.9 Å². The third kappa shape index (κ3) is 1.67. The number of ether oxygens (including phenoxy) is 1. The van der Waals surface area contributed by atoms with Gasteiger partial charge >= 0.3 is 0 Å². The number of nitrogens with zero attached hydrogens (tertiary/aromatic N) is 2. The zero-order valence-corrected chi connectivity index (χ0v) is 8.00. The largest absolute Gasteiger partial charge is 0.376 e. The molecule has 0 saturated carbocycles. The van der Waals surface area contributed by atoms with Gasteiger partial charge in [-0.3, -0.25) is 4.68 Å². The first-order valence-electron chi connectivity index (χ1n) is 4.45. The van der Waals surface area contributed by atoms with Crippen LogP contribution in [0.4, 0.5) is 0 Å². The van der Waals surface area contributed by atoms with Crippen LogP contribution in [0.5, 0.6) is 0 Å². The molecule has 0 atom stereocenters. The Kier molecular flexibility index (Phi) is 3.29. The third-order valence-electron chi connectivity index (χ3n) is 1.89. The van der Waals surface area contributed by atoms with Crippen LogP contribution in [0.15, 0.2) is 6.20 Å². The fourth-order valence-electron chi connectivity index (χ4n) is 1.30. The van der Waals surface area contributed by atoms with Crippen LogP contribution in [0.2, 0.25) is 0 Å². The van der Waals surface area contributed by atoms with Crippen molar-refractivity contribution in [2.75, 3.05) is 6.61 Å². The van der Waals surface area contributed by atoms with Crippen molar-refractivity contribution in [2.24, 2.45) is 7.05 Å². The van der Waals surface area contributed by atoms with Crippen LogP contribution >= 0.6 is 0 Å². The van der Waals surface area contributed by atoms with Gasteiger partial charge in [-0.2, -0.15) is 5.10 Å². The Morgan fingerprint density at radius 3 is 2.92 bits per heavy atom. The van der Waals surface area contributed by atoms with Crippen molar-refractivity contribution in [3.8, 4) is 0 Å². The Morgan fingerprint density at radius 2 is 2.25 bits per heavy atom. The van der Waals surface area contributed by atoms with E-state index in [1.807, 2.05) is 31.8 Å². The number of rotatable bonds is 0. The summed E-state index contributed by atoms with van der Waals surface area (Å²) in [5.41, 5.74) is 2.57. The maximum atomic E-state index is 5.26. The minimum absolute atomic E-state index is 0.739. The Morgan fingerprint density at radius 1 is 1.50 bits per heavy atom. The van der Waals surface area contributed by atoms with Crippen molar-refractivity contribution in [1.29, 1.82) is 0 Å². The van der Waals surface area contributed by atoms with Crippen molar-refractivity contribution in [3.63, 3.8) is 0 Å². The quantitative estimate of drug-likeness (QED) is 0.587. The molecule has 0 radical (unpaired) electrons. The molecule has 0 N–H and O–H groups in total. The van der Waals surface area contributed by atoms with Gasteiger partial charge in [0.15, 0.2) is 0 Å². The molecule has 68 valence electrons. The monoisotopic (exact) mass is 168 g/mol. The van der Waals surface area contributed by atoms with Gasteiger partial charge in [0.25, 0.3) is 0 Å². The fraction of sp³-hybridized carbons (Fsp3) is 0.667. The summed E-state index contributed by atoms with van der Waals surface area (Å²) < 4.78 is 7.18. The Bertz CT molecular complexity index is 243. The Hall–Kier alpha value is -0.830. The summed E-state index contributed by atoms with van der Waals surface area (Å²) in [5.74, 6) is 0. The van der Waals surface area contributed by atoms with Crippen molar-refractivity contribution >= 4 is 0 Å². The molecule has 0 spiro atoms. The highest BCUT2D eigenvalue weighted by Crippen LogP contribution is 2.14. The first-order valence-corrected chi connectivity index (χ1v) is 4.45. The van der Waals surface area contributed by atoms with E-state index in [2.05, 4.69) is 5.10 Å². The highest BCUT2D eigenvalue weighted by Gasteiger charge is 2.12. The van der Waals surface area contributed by atoms with Gasteiger partial charge < -0.3 is 4.74 Å². The standard InChI is InChI=1S/C7H10N2O.C2H6/c1-9-7-2-3-10-5-6(7)4-8-9;1-2/h4H,2-3,5H2,1H3;1-2H3. The second-order valence-corrected chi connectivity index (χ2v) is 2.54. The maximum absolute atomic E-state index is 5.26. The summed E-state index contributed by atoms with van der Waals surface area (Å²) in [6.07, 6.45) is 2.89. The SMILES string of the molecule is CC.Cn1ncc2c1CCOC2. The number of aromatic nitrogens is 2. The Labute approximate surface area is 73.3 Å². The minimum atomic E-state index is 0.739. The van der Waals surface area contributed by atoms with Crippen LogP contribution in [-0.4, -0.2) is 16.4 Å². The van der Waals surface area contributed by atoms with Crippen LogP contribution in [0, 0.1) is 0 Å². The summed E-state index contributed by atoms with van der Waals surface area (Å²) >= 11 is 0. The van der Waals surface area contributed by atoms with E-state index in [1.165, 1.54) is 11.3 Å². The van der Waals surface area contributed by atoms with Crippen molar-refractivity contribution < 1.29 is 4.74 Å².